The van der Waals surface area contributed by atoms with E-state index in [9.17, 15) is 13.2 Å². The van der Waals surface area contributed by atoms with Gasteiger partial charge in [-0.05, 0) is 24.5 Å². The molecule has 0 bridgehead atoms. The summed E-state index contributed by atoms with van der Waals surface area (Å²) in [7, 11) is 3.60. The fourth-order valence-corrected chi connectivity index (χ4v) is 1.94. The van der Waals surface area contributed by atoms with E-state index < -0.39 is 12.8 Å². The third-order valence-corrected chi connectivity index (χ3v) is 3.11. The van der Waals surface area contributed by atoms with Crippen molar-refractivity contribution in [2.45, 2.75) is 25.6 Å². The zero-order valence-corrected chi connectivity index (χ0v) is 16.7. The van der Waals surface area contributed by atoms with E-state index in [-0.39, 0.29) is 29.9 Å². The molecule has 0 fully saturated rings. The molecule has 0 aliphatic rings. The summed E-state index contributed by atoms with van der Waals surface area (Å²) in [5, 5.41) is 3.16. The van der Waals surface area contributed by atoms with Crippen LogP contribution in [0.2, 0.25) is 0 Å². The predicted molar refractivity (Wildman–Crippen MR) is 103 cm³/mol. The number of aromatic nitrogens is 1. The molecule has 0 saturated carbocycles. The largest absolute Gasteiger partial charge is 0.468 e. The van der Waals surface area contributed by atoms with Crippen LogP contribution in [0.4, 0.5) is 13.2 Å². The first-order chi connectivity index (χ1) is 11.4. The van der Waals surface area contributed by atoms with Crippen molar-refractivity contribution in [3.05, 3.63) is 36.5 Å². The number of nitrogens with one attached hydrogen (secondary N) is 1. The molecule has 0 aromatic carbocycles. The summed E-state index contributed by atoms with van der Waals surface area (Å²) < 4.78 is 41.1. The van der Waals surface area contributed by atoms with Gasteiger partial charge in [-0.3, -0.25) is 4.99 Å². The van der Waals surface area contributed by atoms with Gasteiger partial charge in [0.05, 0.1) is 0 Å². The lowest BCUT2D eigenvalue weighted by molar-refractivity contribution is -0.154. The molecule has 1 heterocycles. The van der Waals surface area contributed by atoms with Gasteiger partial charge in [-0.15, -0.1) is 30.6 Å². The third kappa shape index (κ3) is 10.1. The van der Waals surface area contributed by atoms with Gasteiger partial charge in [-0.1, -0.05) is 6.08 Å². The second-order valence-electron chi connectivity index (χ2n) is 5.16. The monoisotopic (exact) mass is 472 g/mol. The number of rotatable bonds is 8. The summed E-state index contributed by atoms with van der Waals surface area (Å²) in [5.74, 6) is 0.648. The van der Waals surface area contributed by atoms with Gasteiger partial charge in [0.15, 0.2) is 12.6 Å². The summed E-state index contributed by atoms with van der Waals surface area (Å²) in [4.78, 5) is 9.94. The van der Waals surface area contributed by atoms with Crippen LogP contribution < -0.4 is 10.1 Å². The molecule has 0 atom stereocenters. The Balaban J connectivity index is 0.00000576. The minimum Gasteiger partial charge on any atom is -0.468 e. The maximum absolute atomic E-state index is 12.2. The van der Waals surface area contributed by atoms with Gasteiger partial charge in [0.2, 0.25) is 5.88 Å². The number of allylic oxidation sites excluding steroid dienone is 1. The van der Waals surface area contributed by atoms with Crippen molar-refractivity contribution in [1.82, 2.24) is 15.2 Å². The van der Waals surface area contributed by atoms with Gasteiger partial charge >= 0.3 is 6.18 Å². The number of aliphatic imine (C=N–C) groups is 1. The summed E-state index contributed by atoms with van der Waals surface area (Å²) in [6, 6.07) is 3.18. The Labute approximate surface area is 163 Å². The number of hydrogen-bond acceptors (Lipinski definition) is 3. The number of pyridine rings is 1. The summed E-state index contributed by atoms with van der Waals surface area (Å²) in [6.07, 6.45) is 0.784. The molecule has 0 amide bonds. The standard InChI is InChI=1S/C16H23F3N4O.HI/c1-4-5-6-9-23(3)15(20-2)22-11-13-7-8-21-14(10-13)24-12-16(17,18)19;/h4,7-8,10H,1,5-6,9,11-12H2,2-3H3,(H,20,22);1H. The predicted octanol–water partition coefficient (Wildman–Crippen LogP) is 3.61. The molecule has 0 aliphatic heterocycles. The number of guanidine groups is 1. The second kappa shape index (κ2) is 11.9. The van der Waals surface area contributed by atoms with Gasteiger partial charge in [0.1, 0.15) is 0 Å². The normalized spacial score (nSPS) is 11.5. The van der Waals surface area contributed by atoms with Crippen LogP contribution >= 0.6 is 24.0 Å². The maximum Gasteiger partial charge on any atom is 0.422 e. The summed E-state index contributed by atoms with van der Waals surface area (Å²) >= 11 is 0. The lowest BCUT2D eigenvalue weighted by Crippen LogP contribution is -2.38. The Morgan fingerprint density at radius 1 is 1.48 bits per heavy atom. The van der Waals surface area contributed by atoms with Crippen LogP contribution in [0, 0.1) is 0 Å². The molecule has 0 saturated heterocycles. The molecule has 142 valence electrons. The third-order valence-electron chi connectivity index (χ3n) is 3.11. The molecule has 0 unspecified atom stereocenters. The highest BCUT2D eigenvalue weighted by Crippen LogP contribution is 2.17. The molecule has 1 aromatic heterocycles. The zero-order valence-electron chi connectivity index (χ0n) is 14.3. The summed E-state index contributed by atoms with van der Waals surface area (Å²) in [5.41, 5.74) is 0.753. The molecule has 5 nitrogen and oxygen atoms in total. The number of ether oxygens (including phenoxy) is 1. The van der Waals surface area contributed by atoms with Gasteiger partial charge in [-0.2, -0.15) is 13.2 Å². The van der Waals surface area contributed by atoms with Gasteiger partial charge < -0.3 is 15.0 Å². The average molecular weight is 472 g/mol. The number of halogens is 4. The number of nitrogens with zero attached hydrogens (tertiary/aromatic N) is 3. The smallest absolute Gasteiger partial charge is 0.422 e. The minimum absolute atomic E-state index is 0. The topological polar surface area (TPSA) is 49.8 Å². The highest BCUT2D eigenvalue weighted by Gasteiger charge is 2.28. The van der Waals surface area contributed by atoms with Crippen LogP contribution in [0.1, 0.15) is 18.4 Å². The van der Waals surface area contributed by atoms with E-state index in [1.807, 2.05) is 18.0 Å². The van der Waals surface area contributed by atoms with Gasteiger partial charge in [-0.25, -0.2) is 4.98 Å². The Hall–Kier alpha value is -1.52. The van der Waals surface area contributed by atoms with E-state index in [1.165, 1.54) is 12.3 Å². The molecule has 1 rings (SSSR count). The fourth-order valence-electron chi connectivity index (χ4n) is 1.94. The summed E-state index contributed by atoms with van der Waals surface area (Å²) in [6.45, 7) is 3.56. The molecular formula is C16H24F3IN4O. The van der Waals surface area contributed by atoms with Crippen LogP contribution in [0.15, 0.2) is 36.0 Å². The highest BCUT2D eigenvalue weighted by atomic mass is 127. The van der Waals surface area contributed by atoms with Crippen molar-refractivity contribution in [1.29, 1.82) is 0 Å². The number of unbranched alkanes of at least 4 members (excludes halogenated alkanes) is 1. The molecule has 0 aliphatic carbocycles. The first-order valence-electron chi connectivity index (χ1n) is 7.53. The quantitative estimate of drug-likeness (QED) is 0.207. The van der Waals surface area contributed by atoms with Crippen LogP contribution in [0.5, 0.6) is 5.88 Å². The number of alkyl halides is 3. The van der Waals surface area contributed by atoms with E-state index in [4.69, 9.17) is 0 Å². The molecule has 0 spiro atoms. The highest BCUT2D eigenvalue weighted by molar-refractivity contribution is 14.0. The van der Waals surface area contributed by atoms with E-state index >= 15 is 0 Å². The Morgan fingerprint density at radius 2 is 2.20 bits per heavy atom. The van der Waals surface area contributed by atoms with Crippen LogP contribution in [0.25, 0.3) is 0 Å². The first-order valence-corrected chi connectivity index (χ1v) is 7.53. The Morgan fingerprint density at radius 3 is 2.80 bits per heavy atom. The van der Waals surface area contributed by atoms with E-state index in [0.717, 1.165) is 24.9 Å². The average Bonchev–Trinajstić information content (AvgIpc) is 2.53. The molecule has 0 radical (unpaired) electrons. The lowest BCUT2D eigenvalue weighted by Gasteiger charge is -2.22. The van der Waals surface area contributed by atoms with E-state index in [2.05, 4.69) is 26.6 Å². The van der Waals surface area contributed by atoms with E-state index in [0.29, 0.717) is 12.5 Å². The fraction of sp³-hybridized carbons (Fsp3) is 0.500. The lowest BCUT2D eigenvalue weighted by atomic mass is 10.2. The Bertz CT molecular complexity index is 552. The van der Waals surface area contributed by atoms with Gasteiger partial charge in [0, 0.05) is 39.4 Å². The first kappa shape index (κ1) is 23.5. The van der Waals surface area contributed by atoms with Crippen molar-refractivity contribution in [2.24, 2.45) is 4.99 Å². The molecule has 1 N–H and O–H groups in total. The number of hydrogen-bond donors (Lipinski definition) is 1. The SMILES string of the molecule is C=CCCCN(C)C(=NC)NCc1ccnc(OCC(F)(F)F)c1.I. The van der Waals surface area contributed by atoms with Crippen molar-refractivity contribution < 1.29 is 17.9 Å². The van der Waals surface area contributed by atoms with Crippen LogP contribution in [-0.4, -0.2) is 49.3 Å². The molecule has 1 aromatic rings. The molecular weight excluding hydrogens is 448 g/mol. The van der Waals surface area contributed by atoms with Crippen LogP contribution in [-0.2, 0) is 6.54 Å². The van der Waals surface area contributed by atoms with Crippen LogP contribution in [0.3, 0.4) is 0 Å². The zero-order chi connectivity index (χ0) is 18.0. The second-order valence-corrected chi connectivity index (χ2v) is 5.16. The van der Waals surface area contributed by atoms with Crippen molar-refractivity contribution in [3.63, 3.8) is 0 Å². The minimum atomic E-state index is -4.38. The van der Waals surface area contributed by atoms with Crippen molar-refractivity contribution in [2.75, 3.05) is 27.2 Å². The van der Waals surface area contributed by atoms with Crippen molar-refractivity contribution >= 4 is 29.9 Å². The Kier molecular flexibility index (Phi) is 11.2. The van der Waals surface area contributed by atoms with Gasteiger partial charge in [0.25, 0.3) is 0 Å². The van der Waals surface area contributed by atoms with E-state index in [1.54, 1.807) is 13.1 Å². The molecule has 25 heavy (non-hydrogen) atoms. The maximum atomic E-state index is 12.2. The molecule has 9 heteroatoms. The van der Waals surface area contributed by atoms with Crippen molar-refractivity contribution in [3.8, 4) is 5.88 Å².